The van der Waals surface area contributed by atoms with Gasteiger partial charge in [-0.1, -0.05) is 0 Å². The van der Waals surface area contributed by atoms with Crippen molar-refractivity contribution in [3.8, 4) is 0 Å². The van der Waals surface area contributed by atoms with Crippen LogP contribution in [0.15, 0.2) is 33.6 Å². The van der Waals surface area contributed by atoms with Gasteiger partial charge in [-0.3, -0.25) is 14.9 Å². The first-order valence-electron chi connectivity index (χ1n) is 7.07. The van der Waals surface area contributed by atoms with Crippen molar-refractivity contribution in [3.63, 3.8) is 0 Å². The van der Waals surface area contributed by atoms with Gasteiger partial charge in [-0.2, -0.15) is 0 Å². The normalized spacial score (nSPS) is 10.5. The Hall–Kier alpha value is -2.52. The Morgan fingerprint density at radius 3 is 2.83 bits per heavy atom. The fourth-order valence-corrected chi connectivity index (χ4v) is 3.31. The molecule has 0 fully saturated rings. The zero-order valence-corrected chi connectivity index (χ0v) is 14.4. The predicted molar refractivity (Wildman–Crippen MR) is 91.2 cm³/mol. The molecule has 0 aliphatic heterocycles. The van der Waals surface area contributed by atoms with Crippen molar-refractivity contribution in [1.29, 1.82) is 0 Å². The molecular weight excluding hydrogens is 348 g/mol. The van der Waals surface area contributed by atoms with E-state index < -0.39 is 0 Å². The highest BCUT2D eigenvalue weighted by molar-refractivity contribution is 7.14. The molecule has 0 bridgehead atoms. The second kappa shape index (κ2) is 7.37. The molecule has 7 nitrogen and oxygen atoms in total. The lowest BCUT2D eigenvalue weighted by molar-refractivity contribution is -0.120. The van der Waals surface area contributed by atoms with Crippen LogP contribution in [0.5, 0.6) is 0 Å². The summed E-state index contributed by atoms with van der Waals surface area (Å²) in [5.41, 5.74) is 1.54. The molecule has 3 aromatic rings. The minimum atomic E-state index is -0.371. The number of hydrogen-bond donors (Lipinski definition) is 2. The maximum Gasteiger partial charge on any atom is 0.293 e. The van der Waals surface area contributed by atoms with Crippen LogP contribution in [0.25, 0.3) is 0 Å². The molecule has 3 rings (SSSR count). The van der Waals surface area contributed by atoms with Crippen molar-refractivity contribution in [2.45, 2.75) is 19.9 Å². The standard InChI is InChI=1S/C15H14N4O3S2/c1-9-7-23-13(17-9)6-16-12(20)5-10-8-24-15(18-10)19-14(21)11-3-2-4-22-11/h2-4,7-8H,5-6H2,1H3,(H,16,20)(H,18,19,21). The molecule has 24 heavy (non-hydrogen) atoms. The van der Waals surface area contributed by atoms with Gasteiger partial charge in [-0.25, -0.2) is 9.97 Å². The zero-order chi connectivity index (χ0) is 16.9. The number of rotatable bonds is 6. The summed E-state index contributed by atoms with van der Waals surface area (Å²) in [5, 5.41) is 10.4. The van der Waals surface area contributed by atoms with Gasteiger partial charge in [0, 0.05) is 16.5 Å². The molecule has 0 aromatic carbocycles. The van der Waals surface area contributed by atoms with Crippen molar-refractivity contribution < 1.29 is 14.0 Å². The van der Waals surface area contributed by atoms with Crippen molar-refractivity contribution in [2.75, 3.05) is 5.32 Å². The number of anilines is 1. The van der Waals surface area contributed by atoms with Crippen LogP contribution in [0.1, 0.15) is 27.0 Å². The molecule has 0 saturated carbocycles. The molecule has 0 aliphatic rings. The number of nitrogens with one attached hydrogen (secondary N) is 2. The number of hydrogen-bond acceptors (Lipinski definition) is 7. The molecule has 3 heterocycles. The van der Waals surface area contributed by atoms with Crippen LogP contribution < -0.4 is 10.6 Å². The molecule has 9 heteroatoms. The lowest BCUT2D eigenvalue weighted by Crippen LogP contribution is -2.24. The van der Waals surface area contributed by atoms with E-state index in [4.69, 9.17) is 4.42 Å². The highest BCUT2D eigenvalue weighted by atomic mass is 32.1. The van der Waals surface area contributed by atoms with Gasteiger partial charge >= 0.3 is 0 Å². The number of aryl methyl sites for hydroxylation is 1. The molecule has 0 radical (unpaired) electrons. The molecule has 0 unspecified atom stereocenters. The molecule has 0 aliphatic carbocycles. The maximum atomic E-state index is 11.9. The van der Waals surface area contributed by atoms with Crippen molar-refractivity contribution in [2.24, 2.45) is 0 Å². The van der Waals surface area contributed by atoms with E-state index in [2.05, 4.69) is 20.6 Å². The summed E-state index contributed by atoms with van der Waals surface area (Å²) in [6.07, 6.45) is 1.58. The van der Waals surface area contributed by atoms with Crippen LogP contribution in [0.4, 0.5) is 5.13 Å². The van der Waals surface area contributed by atoms with Gasteiger partial charge in [0.2, 0.25) is 5.91 Å². The van der Waals surface area contributed by atoms with Gasteiger partial charge < -0.3 is 9.73 Å². The molecular formula is C15H14N4O3S2. The number of furan rings is 1. The minimum absolute atomic E-state index is 0.142. The number of aromatic nitrogens is 2. The molecule has 0 saturated heterocycles. The van der Waals surface area contributed by atoms with E-state index in [9.17, 15) is 9.59 Å². The monoisotopic (exact) mass is 362 g/mol. The van der Waals surface area contributed by atoms with Gasteiger partial charge in [-0.05, 0) is 19.1 Å². The molecule has 0 atom stereocenters. The summed E-state index contributed by atoms with van der Waals surface area (Å²) in [5.74, 6) is -0.301. The molecule has 0 spiro atoms. The van der Waals surface area contributed by atoms with Gasteiger partial charge in [-0.15, -0.1) is 22.7 Å². The molecule has 124 valence electrons. The smallest absolute Gasteiger partial charge is 0.293 e. The Morgan fingerprint density at radius 2 is 2.12 bits per heavy atom. The Morgan fingerprint density at radius 1 is 1.25 bits per heavy atom. The van der Waals surface area contributed by atoms with E-state index in [0.717, 1.165) is 10.7 Å². The Kier molecular flexibility index (Phi) is 5.02. The first-order chi connectivity index (χ1) is 11.6. The third-order valence-corrected chi connectivity index (χ3v) is 4.74. The maximum absolute atomic E-state index is 11.9. The van der Waals surface area contributed by atoms with E-state index in [-0.39, 0.29) is 24.0 Å². The number of thiazole rings is 2. The quantitative estimate of drug-likeness (QED) is 0.702. The van der Waals surface area contributed by atoms with E-state index in [1.807, 2.05) is 12.3 Å². The van der Waals surface area contributed by atoms with Crippen LogP contribution in [0.2, 0.25) is 0 Å². The van der Waals surface area contributed by atoms with Crippen LogP contribution in [-0.2, 0) is 17.8 Å². The average Bonchev–Trinajstić information content (AvgIpc) is 3.27. The molecule has 3 aromatic heterocycles. The second-order valence-electron chi connectivity index (χ2n) is 4.91. The van der Waals surface area contributed by atoms with E-state index in [1.54, 1.807) is 17.5 Å². The first-order valence-corrected chi connectivity index (χ1v) is 8.83. The number of carbonyl (C=O) groups excluding carboxylic acids is 2. The fraction of sp³-hybridized carbons (Fsp3) is 0.200. The van der Waals surface area contributed by atoms with Crippen molar-refractivity contribution in [3.05, 3.63) is 51.3 Å². The fourth-order valence-electron chi connectivity index (χ4n) is 1.90. The summed E-state index contributed by atoms with van der Waals surface area (Å²) >= 11 is 2.77. The van der Waals surface area contributed by atoms with E-state index in [0.29, 0.717) is 17.4 Å². The average molecular weight is 362 g/mol. The topological polar surface area (TPSA) is 97.1 Å². The zero-order valence-electron chi connectivity index (χ0n) is 12.7. The highest BCUT2D eigenvalue weighted by Gasteiger charge is 2.13. The van der Waals surface area contributed by atoms with Gasteiger partial charge in [0.1, 0.15) is 5.01 Å². The summed E-state index contributed by atoms with van der Waals surface area (Å²) in [7, 11) is 0. The molecule has 2 N–H and O–H groups in total. The van der Waals surface area contributed by atoms with E-state index >= 15 is 0 Å². The first kappa shape index (κ1) is 16.3. The Labute approximate surface area is 145 Å². The second-order valence-corrected chi connectivity index (χ2v) is 6.71. The summed E-state index contributed by atoms with van der Waals surface area (Å²) in [4.78, 5) is 32.3. The van der Waals surface area contributed by atoms with Crippen LogP contribution in [0.3, 0.4) is 0 Å². The summed E-state index contributed by atoms with van der Waals surface area (Å²) in [6.45, 7) is 2.32. The van der Waals surface area contributed by atoms with Crippen molar-refractivity contribution >= 4 is 39.6 Å². The third kappa shape index (κ3) is 4.27. The van der Waals surface area contributed by atoms with Gasteiger partial charge in [0.15, 0.2) is 10.9 Å². The van der Waals surface area contributed by atoms with E-state index in [1.165, 1.54) is 28.9 Å². The Balaban J connectivity index is 1.50. The van der Waals surface area contributed by atoms with Crippen molar-refractivity contribution in [1.82, 2.24) is 15.3 Å². The summed E-state index contributed by atoms with van der Waals surface area (Å²) < 4.78 is 5.01. The SMILES string of the molecule is Cc1csc(CNC(=O)Cc2csc(NC(=O)c3ccco3)n2)n1. The number of amides is 2. The van der Waals surface area contributed by atoms with Crippen LogP contribution in [-0.4, -0.2) is 21.8 Å². The lowest BCUT2D eigenvalue weighted by Gasteiger charge is -2.01. The van der Waals surface area contributed by atoms with Gasteiger partial charge in [0.25, 0.3) is 5.91 Å². The predicted octanol–water partition coefficient (Wildman–Crippen LogP) is 2.61. The third-order valence-electron chi connectivity index (χ3n) is 2.96. The Bertz CT molecular complexity index is 839. The highest BCUT2D eigenvalue weighted by Crippen LogP contribution is 2.17. The lowest BCUT2D eigenvalue weighted by atomic mass is 10.3. The van der Waals surface area contributed by atoms with Crippen LogP contribution in [0, 0.1) is 6.92 Å². The largest absolute Gasteiger partial charge is 0.459 e. The van der Waals surface area contributed by atoms with Crippen LogP contribution >= 0.6 is 22.7 Å². The van der Waals surface area contributed by atoms with Gasteiger partial charge in [0.05, 0.1) is 24.9 Å². The molecule has 2 amide bonds. The number of carbonyl (C=O) groups is 2. The minimum Gasteiger partial charge on any atom is -0.459 e. The summed E-state index contributed by atoms with van der Waals surface area (Å²) in [6, 6.07) is 3.20. The number of nitrogens with zero attached hydrogens (tertiary/aromatic N) is 2.